The third-order valence-electron chi connectivity index (χ3n) is 4.94. The molecule has 1 unspecified atom stereocenters. The third-order valence-corrected chi connectivity index (χ3v) is 6.01. The zero-order valence-electron chi connectivity index (χ0n) is 14.7. The lowest BCUT2D eigenvalue weighted by Gasteiger charge is -2.27. The third kappa shape index (κ3) is 3.08. The highest BCUT2D eigenvalue weighted by Crippen LogP contribution is 2.37. The minimum absolute atomic E-state index is 0.196. The smallest absolute Gasteiger partial charge is 0.432 e. The second kappa shape index (κ2) is 7.22. The summed E-state index contributed by atoms with van der Waals surface area (Å²) in [6, 6.07) is 7.32. The molecule has 1 N–H and O–H groups in total. The monoisotopic (exact) mass is 508 g/mol. The Morgan fingerprint density at radius 1 is 1.50 bits per heavy atom. The minimum Gasteiger partial charge on any atom is -0.484 e. The minimum atomic E-state index is -1.13. The van der Waals surface area contributed by atoms with Crippen molar-refractivity contribution in [2.45, 2.75) is 32.3 Å². The Labute approximate surface area is 179 Å². The number of halogens is 2. The molecule has 2 aromatic heterocycles. The van der Waals surface area contributed by atoms with Crippen molar-refractivity contribution in [1.29, 1.82) is 5.26 Å². The Kier molecular flexibility index (Phi) is 4.89. The predicted octanol–water partition coefficient (Wildman–Crippen LogP) is 4.85. The van der Waals surface area contributed by atoms with Crippen LogP contribution in [0.5, 0.6) is 5.75 Å². The molecule has 1 aliphatic rings. The van der Waals surface area contributed by atoms with Crippen LogP contribution in [0.25, 0.3) is 10.9 Å². The van der Waals surface area contributed by atoms with Gasteiger partial charge in [-0.2, -0.15) is 15.0 Å². The maximum Gasteiger partial charge on any atom is 0.432 e. The molecule has 0 saturated carbocycles. The topological polar surface area (TPSA) is 101 Å². The Hall–Kier alpha value is -2.38. The first-order valence-electron chi connectivity index (χ1n) is 8.58. The van der Waals surface area contributed by atoms with E-state index in [1.165, 1.54) is 0 Å². The molecule has 7 nitrogen and oxygen atoms in total. The van der Waals surface area contributed by atoms with Crippen molar-refractivity contribution in [2.24, 2.45) is 0 Å². The van der Waals surface area contributed by atoms with Gasteiger partial charge in [0.25, 0.3) is 0 Å². The van der Waals surface area contributed by atoms with Crippen LogP contribution in [0.15, 0.2) is 18.2 Å². The number of nitrogens with zero attached hydrogens (tertiary/aromatic N) is 4. The molecule has 1 aromatic carbocycles. The van der Waals surface area contributed by atoms with E-state index in [0.29, 0.717) is 25.9 Å². The van der Waals surface area contributed by atoms with Gasteiger partial charge in [-0.3, -0.25) is 0 Å². The molecular formula is C19H14ClIN4O3. The molecule has 0 spiro atoms. The number of carbonyl (C=O) groups is 1. The molecule has 1 aliphatic carbocycles. The van der Waals surface area contributed by atoms with Gasteiger partial charge in [0, 0.05) is 5.39 Å². The van der Waals surface area contributed by atoms with Crippen molar-refractivity contribution in [1.82, 2.24) is 14.8 Å². The molecule has 0 aliphatic heterocycles. The molecule has 9 heteroatoms. The Bertz CT molecular complexity index is 1170. The van der Waals surface area contributed by atoms with E-state index in [0.717, 1.165) is 40.8 Å². The quantitative estimate of drug-likeness (QED) is 0.392. The van der Waals surface area contributed by atoms with Crippen LogP contribution in [0.3, 0.4) is 0 Å². The zero-order chi connectivity index (χ0) is 20.0. The average Bonchev–Trinajstić information content (AvgIpc) is 2.99. The van der Waals surface area contributed by atoms with Gasteiger partial charge in [0.1, 0.15) is 26.8 Å². The summed E-state index contributed by atoms with van der Waals surface area (Å²) in [6.07, 6.45) is 1.12. The highest BCUT2D eigenvalue weighted by atomic mass is 127. The van der Waals surface area contributed by atoms with Crippen molar-refractivity contribution in [2.75, 3.05) is 0 Å². The van der Waals surface area contributed by atoms with Crippen LogP contribution in [0, 0.1) is 22.0 Å². The van der Waals surface area contributed by atoms with Crippen LogP contribution in [0.4, 0.5) is 4.79 Å². The highest BCUT2D eigenvalue weighted by molar-refractivity contribution is 14.1. The molecule has 0 bridgehead atoms. The Balaban J connectivity index is 1.73. The predicted molar refractivity (Wildman–Crippen MR) is 111 cm³/mol. The van der Waals surface area contributed by atoms with Crippen molar-refractivity contribution in [3.63, 3.8) is 0 Å². The normalized spacial score (nSPS) is 15.9. The Morgan fingerprint density at radius 3 is 3.00 bits per heavy atom. The van der Waals surface area contributed by atoms with Crippen molar-refractivity contribution < 1.29 is 14.6 Å². The van der Waals surface area contributed by atoms with Crippen LogP contribution in [0.1, 0.15) is 41.3 Å². The molecule has 28 heavy (non-hydrogen) atoms. The molecular weight excluding hydrogens is 495 g/mol. The molecule has 0 amide bonds. The van der Waals surface area contributed by atoms with Crippen molar-refractivity contribution in [3.8, 4) is 11.8 Å². The van der Waals surface area contributed by atoms with Crippen molar-refractivity contribution in [3.05, 3.63) is 49.4 Å². The molecule has 4 rings (SSSR count). The van der Waals surface area contributed by atoms with Gasteiger partial charge in [-0.15, -0.1) is 0 Å². The molecule has 3 aromatic rings. The fraction of sp³-hybridized carbons (Fsp3) is 0.263. The lowest BCUT2D eigenvalue weighted by atomic mass is 9.89. The van der Waals surface area contributed by atoms with Crippen LogP contribution in [-0.4, -0.2) is 26.0 Å². The van der Waals surface area contributed by atoms with Crippen LogP contribution in [-0.2, 0) is 6.42 Å². The fourth-order valence-corrected chi connectivity index (χ4v) is 4.52. The lowest BCUT2D eigenvalue weighted by molar-refractivity contribution is 0.178. The summed E-state index contributed by atoms with van der Waals surface area (Å²) in [4.78, 5) is 15.8. The second-order valence-corrected chi connectivity index (χ2v) is 7.92. The van der Waals surface area contributed by atoms with Gasteiger partial charge in [-0.1, -0.05) is 11.6 Å². The summed E-state index contributed by atoms with van der Waals surface area (Å²) >= 11 is 8.21. The maximum atomic E-state index is 11.3. The van der Waals surface area contributed by atoms with Crippen molar-refractivity contribution >= 4 is 51.2 Å². The number of carboxylic acid groups (broad SMARTS) is 1. The maximum absolute atomic E-state index is 11.3. The molecule has 1 atom stereocenters. The number of fused-ring (bicyclic) bond motifs is 2. The first kappa shape index (κ1) is 19.0. The van der Waals surface area contributed by atoms with E-state index in [1.54, 1.807) is 18.2 Å². The van der Waals surface area contributed by atoms with E-state index < -0.39 is 6.09 Å². The molecule has 142 valence electrons. The number of pyridine rings is 1. The van der Waals surface area contributed by atoms with Gasteiger partial charge in [0.15, 0.2) is 0 Å². The van der Waals surface area contributed by atoms with Gasteiger partial charge in [-0.05, 0) is 78.1 Å². The van der Waals surface area contributed by atoms with E-state index in [-0.39, 0.29) is 11.3 Å². The van der Waals surface area contributed by atoms with E-state index in [2.05, 4.69) is 16.2 Å². The van der Waals surface area contributed by atoms with Gasteiger partial charge < -0.3 is 9.84 Å². The first-order valence-corrected chi connectivity index (χ1v) is 10.0. The summed E-state index contributed by atoms with van der Waals surface area (Å²) < 4.78 is 7.74. The van der Waals surface area contributed by atoms with Gasteiger partial charge in [-0.25, -0.2) is 9.78 Å². The van der Waals surface area contributed by atoms with Gasteiger partial charge in [0.05, 0.1) is 16.8 Å². The Morgan fingerprint density at radius 2 is 2.29 bits per heavy atom. The van der Waals surface area contributed by atoms with Crippen LogP contribution < -0.4 is 4.74 Å². The van der Waals surface area contributed by atoms with Crippen LogP contribution in [0.2, 0.25) is 5.15 Å². The number of aromatic nitrogens is 3. The number of hydrogen-bond donors (Lipinski definition) is 1. The van der Waals surface area contributed by atoms with E-state index in [1.807, 2.05) is 29.5 Å². The number of ether oxygens (including phenoxy) is 1. The van der Waals surface area contributed by atoms with E-state index >= 15 is 0 Å². The highest BCUT2D eigenvalue weighted by Gasteiger charge is 2.28. The molecule has 0 radical (unpaired) electrons. The van der Waals surface area contributed by atoms with Gasteiger partial charge in [0.2, 0.25) is 0 Å². The summed E-state index contributed by atoms with van der Waals surface area (Å²) in [6.45, 7) is 1.89. The number of benzene rings is 1. The lowest BCUT2D eigenvalue weighted by Crippen LogP contribution is -2.19. The first-order chi connectivity index (χ1) is 13.4. The zero-order valence-corrected chi connectivity index (χ0v) is 17.7. The second-order valence-electron chi connectivity index (χ2n) is 6.54. The fourth-order valence-electron chi connectivity index (χ4n) is 3.60. The number of rotatable bonds is 2. The molecule has 2 heterocycles. The number of hydrogen-bond acceptors (Lipinski definition) is 5. The van der Waals surface area contributed by atoms with Gasteiger partial charge >= 0.3 is 6.09 Å². The molecule has 0 fully saturated rings. The SMILES string of the molecule is Cc1c(C#N)c(Cl)nc2c1CCCC2Oc1ccc2c(c1)c(I)nn2C(=O)O. The standard InChI is InChI=1S/C19H14ClIN4O3/c1-9-11-3-2-4-15(16(11)23-17(20)13(9)8-22)28-10-5-6-14-12(7-10)18(21)24-25(14)19(26)27/h5-7,15H,2-4H2,1H3,(H,26,27). The van der Waals surface area contributed by atoms with E-state index in [9.17, 15) is 15.2 Å². The van der Waals surface area contributed by atoms with E-state index in [4.69, 9.17) is 16.3 Å². The largest absolute Gasteiger partial charge is 0.484 e. The summed E-state index contributed by atoms with van der Waals surface area (Å²) in [5.41, 5.74) is 3.57. The summed E-state index contributed by atoms with van der Waals surface area (Å²) in [5.74, 6) is 0.605. The number of nitriles is 1. The van der Waals surface area contributed by atoms with Crippen LogP contribution >= 0.6 is 34.2 Å². The average molecular weight is 509 g/mol. The summed E-state index contributed by atoms with van der Waals surface area (Å²) in [7, 11) is 0. The summed E-state index contributed by atoms with van der Waals surface area (Å²) in [5, 5.41) is 23.5. The molecule has 0 saturated heterocycles.